The van der Waals surface area contributed by atoms with Crippen LogP contribution < -0.4 is 32.2 Å². The molecule has 0 radical (unpaired) electrons. The number of benzene rings is 2. The molecule has 38 heavy (non-hydrogen) atoms. The van der Waals surface area contributed by atoms with Gasteiger partial charge in [-0.25, -0.2) is 15.1 Å². The summed E-state index contributed by atoms with van der Waals surface area (Å²) in [5.41, 5.74) is 3.70. The average molecular weight is 532 g/mol. The lowest BCUT2D eigenvalue weighted by Crippen LogP contribution is -2.35. The van der Waals surface area contributed by atoms with Gasteiger partial charge in [-0.1, -0.05) is 27.7 Å². The third-order valence-corrected chi connectivity index (χ3v) is 6.82. The van der Waals surface area contributed by atoms with Gasteiger partial charge in [0.1, 0.15) is 0 Å². The van der Waals surface area contributed by atoms with Gasteiger partial charge >= 0.3 is 0 Å². The molecular weight excluding hydrogens is 482 g/mol. The van der Waals surface area contributed by atoms with Crippen LogP contribution in [0.1, 0.15) is 81.1 Å². The molecular formula is C28H49N7O3. The van der Waals surface area contributed by atoms with Gasteiger partial charge in [-0.2, -0.15) is 21.7 Å². The Morgan fingerprint density at radius 2 is 1.08 bits per heavy atom. The van der Waals surface area contributed by atoms with E-state index in [1.807, 2.05) is 57.2 Å². The predicted molar refractivity (Wildman–Crippen MR) is 159 cm³/mol. The molecule has 5 N–H and O–H groups in total. The highest BCUT2D eigenvalue weighted by atomic mass is 16.8. The van der Waals surface area contributed by atoms with E-state index in [0.717, 1.165) is 48.4 Å². The van der Waals surface area contributed by atoms with Crippen molar-refractivity contribution in [3.05, 3.63) is 53.4 Å². The lowest BCUT2D eigenvalue weighted by Gasteiger charge is -2.27. The van der Waals surface area contributed by atoms with Crippen molar-refractivity contribution in [1.82, 2.24) is 0 Å². The van der Waals surface area contributed by atoms with Crippen LogP contribution in [0.5, 0.6) is 0 Å². The van der Waals surface area contributed by atoms with Crippen molar-refractivity contribution in [2.45, 2.75) is 105 Å². The highest BCUT2D eigenvalue weighted by Crippen LogP contribution is 2.25. The maximum atomic E-state index is 11.0. The van der Waals surface area contributed by atoms with Crippen LogP contribution in [0.15, 0.2) is 53.8 Å². The van der Waals surface area contributed by atoms with E-state index in [1.165, 1.54) is 5.01 Å². The van der Waals surface area contributed by atoms with Crippen molar-refractivity contribution < 1.29 is 9.88 Å². The van der Waals surface area contributed by atoms with Gasteiger partial charge in [-0.05, 0) is 102 Å². The van der Waals surface area contributed by atoms with Crippen LogP contribution in [-0.2, 0) is 9.88 Å². The summed E-state index contributed by atoms with van der Waals surface area (Å²) in [6.45, 7) is 16.6. The first-order valence-corrected chi connectivity index (χ1v) is 13.6. The fourth-order valence-electron chi connectivity index (χ4n) is 3.57. The van der Waals surface area contributed by atoms with E-state index in [2.05, 4.69) is 57.4 Å². The summed E-state index contributed by atoms with van der Waals surface area (Å²) in [5, 5.41) is 11.4. The van der Waals surface area contributed by atoms with Gasteiger partial charge in [0.2, 0.25) is 0 Å². The molecule has 2 rings (SSSR count). The molecule has 0 saturated heterocycles. The van der Waals surface area contributed by atoms with E-state index in [4.69, 9.17) is 21.7 Å². The zero-order valence-corrected chi connectivity index (χ0v) is 24.4. The fourth-order valence-corrected chi connectivity index (χ4v) is 3.57. The number of nitrogens with two attached hydrogens (primary N) is 2. The second-order valence-corrected chi connectivity index (χ2v) is 9.58. The standard InChI is InChI=1S/C14H24N4O2.C14H25N3O/c1-5-11(3)17(16-19)13-7-9-14(10-8-13)18(20-15)12(4)6-2;1-5-11(3)16-13-7-9-14(10-8-13)17(18-15)12(4)6-2/h7-12H,5-6,15H2,1-4H3;7-12,16H,5-6,15H2,1-4H3. The molecule has 0 aliphatic rings. The number of anilines is 4. The highest BCUT2D eigenvalue weighted by molar-refractivity contribution is 5.56. The van der Waals surface area contributed by atoms with Gasteiger partial charge < -0.3 is 5.32 Å². The third kappa shape index (κ3) is 9.75. The molecule has 0 aromatic heterocycles. The number of hydrogen-bond acceptors (Lipinski definition) is 9. The van der Waals surface area contributed by atoms with Gasteiger partial charge in [0.25, 0.3) is 0 Å². The summed E-state index contributed by atoms with van der Waals surface area (Å²) in [7, 11) is 0. The maximum Gasteiger partial charge on any atom is 0.0660 e. The molecule has 0 saturated carbocycles. The molecule has 4 atom stereocenters. The number of nitrogens with zero attached hydrogens (tertiary/aromatic N) is 4. The van der Waals surface area contributed by atoms with Gasteiger partial charge in [-0.15, -0.1) is 4.91 Å². The van der Waals surface area contributed by atoms with Gasteiger partial charge in [0.15, 0.2) is 0 Å². The molecule has 0 aliphatic heterocycles. The Morgan fingerprint density at radius 3 is 1.42 bits per heavy atom. The van der Waals surface area contributed by atoms with Crippen molar-refractivity contribution in [2.75, 3.05) is 20.5 Å². The van der Waals surface area contributed by atoms with Gasteiger partial charge in [0, 0.05) is 11.7 Å². The quantitative estimate of drug-likeness (QED) is 0.170. The molecule has 0 bridgehead atoms. The number of nitrogens with one attached hydrogen (secondary N) is 1. The molecule has 0 fully saturated rings. The summed E-state index contributed by atoms with van der Waals surface area (Å²) in [6.07, 6.45) is 3.84. The number of hydrogen-bond donors (Lipinski definition) is 3. The van der Waals surface area contributed by atoms with E-state index >= 15 is 0 Å². The minimum Gasteiger partial charge on any atom is -0.383 e. The number of nitroso groups, excluding NO2 is 1. The molecule has 2 aromatic carbocycles. The SMILES string of the molecule is CCC(C)N(N=O)c1ccc(N(ON)C(C)CC)cc1.CCC(C)Nc1ccc(N(ON)C(C)CC)cc1. The first-order valence-electron chi connectivity index (χ1n) is 13.6. The molecule has 10 heteroatoms. The van der Waals surface area contributed by atoms with E-state index < -0.39 is 0 Å². The molecule has 0 amide bonds. The van der Waals surface area contributed by atoms with E-state index in [9.17, 15) is 4.91 Å². The zero-order valence-electron chi connectivity index (χ0n) is 24.4. The highest BCUT2D eigenvalue weighted by Gasteiger charge is 2.17. The van der Waals surface area contributed by atoms with Crippen molar-refractivity contribution in [3.8, 4) is 0 Å². The second-order valence-electron chi connectivity index (χ2n) is 9.58. The predicted octanol–water partition coefficient (Wildman–Crippen LogP) is 6.69. The minimum atomic E-state index is 0.0646. The second kappa shape index (κ2) is 17.6. The largest absolute Gasteiger partial charge is 0.383 e. The first-order chi connectivity index (χ1) is 18.2. The monoisotopic (exact) mass is 531 g/mol. The van der Waals surface area contributed by atoms with E-state index in [0.29, 0.717) is 6.04 Å². The van der Waals surface area contributed by atoms with Crippen LogP contribution in [0.4, 0.5) is 22.7 Å². The van der Waals surface area contributed by atoms with Crippen LogP contribution >= 0.6 is 0 Å². The van der Waals surface area contributed by atoms with Crippen molar-refractivity contribution in [3.63, 3.8) is 0 Å². The third-order valence-electron chi connectivity index (χ3n) is 6.82. The molecule has 214 valence electrons. The van der Waals surface area contributed by atoms with Crippen LogP contribution in [0.3, 0.4) is 0 Å². The van der Waals surface area contributed by atoms with Crippen LogP contribution in [-0.4, -0.2) is 24.2 Å². The van der Waals surface area contributed by atoms with Crippen LogP contribution in [0, 0.1) is 4.91 Å². The molecule has 0 aliphatic carbocycles. The van der Waals surface area contributed by atoms with E-state index in [1.54, 1.807) is 10.1 Å². The first kappa shape index (κ1) is 33.1. The lowest BCUT2D eigenvalue weighted by molar-refractivity contribution is 0.0900. The Morgan fingerprint density at radius 1 is 0.684 bits per heavy atom. The van der Waals surface area contributed by atoms with Crippen LogP contribution in [0.25, 0.3) is 0 Å². The maximum absolute atomic E-state index is 11.0. The molecule has 0 heterocycles. The normalized spacial score (nSPS) is 13.8. The Kier molecular flexibility index (Phi) is 15.3. The smallest absolute Gasteiger partial charge is 0.0660 e. The minimum absolute atomic E-state index is 0.0646. The van der Waals surface area contributed by atoms with E-state index in [-0.39, 0.29) is 18.1 Å². The molecule has 0 spiro atoms. The van der Waals surface area contributed by atoms with Crippen molar-refractivity contribution in [1.29, 1.82) is 0 Å². The van der Waals surface area contributed by atoms with Crippen LogP contribution in [0.2, 0.25) is 0 Å². The molecule has 10 nitrogen and oxygen atoms in total. The van der Waals surface area contributed by atoms with Gasteiger partial charge in [-0.3, -0.25) is 0 Å². The number of rotatable bonds is 15. The average Bonchev–Trinajstić information content (AvgIpc) is 2.95. The van der Waals surface area contributed by atoms with Crippen molar-refractivity contribution in [2.24, 2.45) is 17.1 Å². The molecule has 4 unspecified atom stereocenters. The zero-order chi connectivity index (χ0) is 28.7. The Hall–Kier alpha value is -2.92. The van der Waals surface area contributed by atoms with Gasteiger partial charge in [0.05, 0.1) is 40.5 Å². The van der Waals surface area contributed by atoms with Crippen molar-refractivity contribution >= 4 is 22.7 Å². The summed E-state index contributed by atoms with van der Waals surface area (Å²) >= 11 is 0. The summed E-state index contributed by atoms with van der Waals surface area (Å²) in [4.78, 5) is 20.8. The topological polar surface area (TPSA) is 122 Å². The Balaban J connectivity index is 0.000000382. The summed E-state index contributed by atoms with van der Waals surface area (Å²) in [6, 6.07) is 16.5. The lowest BCUT2D eigenvalue weighted by atomic mass is 10.2. The number of hydroxylamine groups is 2. The summed E-state index contributed by atoms with van der Waals surface area (Å²) < 4.78 is 0. The Bertz CT molecular complexity index is 898. The Labute approximate surface area is 229 Å². The summed E-state index contributed by atoms with van der Waals surface area (Å²) in [5.74, 6) is 10.7. The molecule has 2 aromatic rings. The fraction of sp³-hybridized carbons (Fsp3) is 0.571.